The van der Waals surface area contributed by atoms with Crippen molar-refractivity contribution in [2.24, 2.45) is 5.92 Å². The number of carbonyl (C=O) groups is 2. The van der Waals surface area contributed by atoms with E-state index in [9.17, 15) is 9.59 Å². The number of aryl methyl sites for hydroxylation is 1. The minimum atomic E-state index is -0.513. The molecule has 6 nitrogen and oxygen atoms in total. The zero-order chi connectivity index (χ0) is 20.8. The van der Waals surface area contributed by atoms with Crippen molar-refractivity contribution in [1.29, 1.82) is 0 Å². The maximum atomic E-state index is 12.4. The second kappa shape index (κ2) is 9.45. The first-order valence-electron chi connectivity index (χ1n) is 9.86. The van der Waals surface area contributed by atoms with Gasteiger partial charge in [-0.3, -0.25) is 4.79 Å². The number of fused-ring (bicyclic) bond motifs is 1. The van der Waals surface area contributed by atoms with Gasteiger partial charge in [-0.2, -0.15) is 0 Å². The van der Waals surface area contributed by atoms with Gasteiger partial charge in [0.05, 0.1) is 24.8 Å². The van der Waals surface area contributed by atoms with Crippen LogP contribution in [-0.2, 0) is 9.53 Å². The molecule has 0 fully saturated rings. The number of hydrogen-bond acceptors (Lipinski definition) is 5. The third-order valence-corrected chi connectivity index (χ3v) is 4.70. The Bertz CT molecular complexity index is 877. The van der Waals surface area contributed by atoms with Crippen molar-refractivity contribution in [3.8, 4) is 11.5 Å². The Kier molecular flexibility index (Phi) is 6.75. The molecule has 1 heterocycles. The number of carbonyl (C=O) groups excluding carboxylic acids is 2. The first-order valence-corrected chi connectivity index (χ1v) is 9.86. The quantitative estimate of drug-likeness (QED) is 0.750. The van der Waals surface area contributed by atoms with Gasteiger partial charge in [0.1, 0.15) is 0 Å². The van der Waals surface area contributed by atoms with E-state index in [0.29, 0.717) is 30.3 Å². The molecule has 6 heteroatoms. The Morgan fingerprint density at radius 3 is 2.55 bits per heavy atom. The van der Waals surface area contributed by atoms with Crippen LogP contribution in [0.2, 0.25) is 0 Å². The number of rotatable bonds is 6. The average molecular weight is 397 g/mol. The normalized spacial score (nSPS) is 14.1. The predicted molar refractivity (Wildman–Crippen MR) is 109 cm³/mol. The number of esters is 1. The van der Waals surface area contributed by atoms with E-state index < -0.39 is 5.97 Å². The SMILES string of the molecule is Cc1cccc(C(=O)OCC(=O)N[C@H](c2ccc3c(c2)OCCCO3)C(C)C)c1. The van der Waals surface area contributed by atoms with E-state index >= 15 is 0 Å². The van der Waals surface area contributed by atoms with E-state index in [0.717, 1.165) is 17.5 Å². The minimum absolute atomic E-state index is 0.135. The summed E-state index contributed by atoms with van der Waals surface area (Å²) in [6.45, 7) is 6.83. The number of nitrogens with one attached hydrogen (secondary N) is 1. The van der Waals surface area contributed by atoms with Crippen LogP contribution in [0.1, 0.15) is 47.8 Å². The maximum absolute atomic E-state index is 12.4. The van der Waals surface area contributed by atoms with Crippen LogP contribution in [-0.4, -0.2) is 31.7 Å². The molecule has 29 heavy (non-hydrogen) atoms. The third kappa shape index (κ3) is 5.50. The van der Waals surface area contributed by atoms with E-state index in [1.54, 1.807) is 18.2 Å². The lowest BCUT2D eigenvalue weighted by molar-refractivity contribution is -0.125. The summed E-state index contributed by atoms with van der Waals surface area (Å²) in [6, 6.07) is 12.5. The zero-order valence-corrected chi connectivity index (χ0v) is 17.1. The Hall–Kier alpha value is -3.02. The van der Waals surface area contributed by atoms with Crippen molar-refractivity contribution in [3.63, 3.8) is 0 Å². The second-order valence-corrected chi connectivity index (χ2v) is 7.49. The molecule has 0 aromatic heterocycles. The van der Waals surface area contributed by atoms with Gasteiger partial charge in [0, 0.05) is 6.42 Å². The molecule has 0 spiro atoms. The molecule has 0 bridgehead atoms. The highest BCUT2D eigenvalue weighted by Crippen LogP contribution is 2.34. The van der Waals surface area contributed by atoms with Crippen molar-refractivity contribution in [2.75, 3.05) is 19.8 Å². The Morgan fingerprint density at radius 2 is 1.83 bits per heavy atom. The second-order valence-electron chi connectivity index (χ2n) is 7.49. The smallest absolute Gasteiger partial charge is 0.338 e. The van der Waals surface area contributed by atoms with Gasteiger partial charge in [0.2, 0.25) is 0 Å². The number of hydrogen-bond donors (Lipinski definition) is 1. The van der Waals surface area contributed by atoms with Gasteiger partial charge in [-0.1, -0.05) is 37.6 Å². The van der Waals surface area contributed by atoms with Crippen molar-refractivity contribution < 1.29 is 23.8 Å². The molecule has 1 aliphatic rings. The van der Waals surface area contributed by atoms with Crippen LogP contribution < -0.4 is 14.8 Å². The molecule has 3 rings (SSSR count). The van der Waals surface area contributed by atoms with Crippen molar-refractivity contribution in [1.82, 2.24) is 5.32 Å². The van der Waals surface area contributed by atoms with E-state index in [-0.39, 0.29) is 24.5 Å². The van der Waals surface area contributed by atoms with Gasteiger partial charge in [-0.05, 0) is 42.7 Å². The molecular formula is C23H27NO5. The van der Waals surface area contributed by atoms with E-state index in [2.05, 4.69) is 5.32 Å². The van der Waals surface area contributed by atoms with Crippen molar-refractivity contribution in [2.45, 2.75) is 33.2 Å². The fourth-order valence-electron chi connectivity index (χ4n) is 3.21. The van der Waals surface area contributed by atoms with Gasteiger partial charge in [0.15, 0.2) is 18.1 Å². The van der Waals surface area contributed by atoms with Crippen molar-refractivity contribution in [3.05, 3.63) is 59.2 Å². The van der Waals surface area contributed by atoms with Crippen LogP contribution in [0.25, 0.3) is 0 Å². The Balaban J connectivity index is 1.63. The Morgan fingerprint density at radius 1 is 1.07 bits per heavy atom. The topological polar surface area (TPSA) is 73.9 Å². The standard InChI is InChI=1S/C23H27NO5/c1-15(2)22(17-8-9-19-20(13-17)28-11-5-10-27-19)24-21(25)14-29-23(26)18-7-4-6-16(3)12-18/h4,6-9,12-13,15,22H,5,10-11,14H2,1-3H3,(H,24,25)/t22-/m0/s1. The summed E-state index contributed by atoms with van der Waals surface area (Å²) in [4.78, 5) is 24.6. The highest BCUT2D eigenvalue weighted by Gasteiger charge is 2.22. The number of benzene rings is 2. The van der Waals surface area contributed by atoms with Gasteiger partial charge in [0.25, 0.3) is 5.91 Å². The summed E-state index contributed by atoms with van der Waals surface area (Å²) in [5.74, 6) is 0.673. The molecule has 1 aliphatic heterocycles. The lowest BCUT2D eigenvalue weighted by atomic mass is 9.95. The lowest BCUT2D eigenvalue weighted by Gasteiger charge is -2.24. The molecule has 154 valence electrons. The maximum Gasteiger partial charge on any atom is 0.338 e. The lowest BCUT2D eigenvalue weighted by Crippen LogP contribution is -2.35. The number of ether oxygens (including phenoxy) is 3. The summed E-state index contributed by atoms with van der Waals surface area (Å²) in [5, 5.41) is 2.96. The van der Waals surface area contributed by atoms with Crippen molar-refractivity contribution >= 4 is 11.9 Å². The number of amides is 1. The summed E-state index contributed by atoms with van der Waals surface area (Å²) < 4.78 is 16.6. The average Bonchev–Trinajstić information content (AvgIpc) is 2.94. The monoisotopic (exact) mass is 397 g/mol. The van der Waals surface area contributed by atoms with Crippen LogP contribution in [0, 0.1) is 12.8 Å². The Labute approximate surface area is 171 Å². The van der Waals surface area contributed by atoms with Gasteiger partial charge in [-0.15, -0.1) is 0 Å². The largest absolute Gasteiger partial charge is 0.490 e. The van der Waals surface area contributed by atoms with Crippen LogP contribution >= 0.6 is 0 Å². The fraction of sp³-hybridized carbons (Fsp3) is 0.391. The summed E-state index contributed by atoms with van der Waals surface area (Å²) in [6.07, 6.45) is 0.834. The summed E-state index contributed by atoms with van der Waals surface area (Å²) in [7, 11) is 0. The molecular weight excluding hydrogens is 370 g/mol. The predicted octanol–water partition coefficient (Wildman–Crippen LogP) is 3.83. The first kappa shape index (κ1) is 20.7. The third-order valence-electron chi connectivity index (χ3n) is 4.70. The van der Waals surface area contributed by atoms with Gasteiger partial charge >= 0.3 is 5.97 Å². The summed E-state index contributed by atoms with van der Waals surface area (Å²) >= 11 is 0. The van der Waals surface area contributed by atoms with Gasteiger partial charge in [-0.25, -0.2) is 4.79 Å². The van der Waals surface area contributed by atoms with Crippen LogP contribution in [0.5, 0.6) is 11.5 Å². The van der Waals surface area contributed by atoms with Crippen LogP contribution in [0.3, 0.4) is 0 Å². The van der Waals surface area contributed by atoms with E-state index in [1.807, 2.05) is 45.0 Å². The minimum Gasteiger partial charge on any atom is -0.490 e. The molecule has 0 saturated carbocycles. The molecule has 2 aromatic carbocycles. The molecule has 0 aliphatic carbocycles. The molecule has 1 amide bonds. The van der Waals surface area contributed by atoms with E-state index in [1.165, 1.54) is 0 Å². The highest BCUT2D eigenvalue weighted by atomic mass is 16.5. The van der Waals surface area contributed by atoms with E-state index in [4.69, 9.17) is 14.2 Å². The van der Waals surface area contributed by atoms with Crippen LogP contribution in [0.4, 0.5) is 0 Å². The molecule has 0 saturated heterocycles. The fourth-order valence-corrected chi connectivity index (χ4v) is 3.21. The molecule has 2 aromatic rings. The molecule has 0 radical (unpaired) electrons. The molecule has 1 atom stereocenters. The van der Waals surface area contributed by atoms with Crippen LogP contribution in [0.15, 0.2) is 42.5 Å². The molecule has 1 N–H and O–H groups in total. The summed E-state index contributed by atoms with van der Waals surface area (Å²) in [5.41, 5.74) is 2.31. The first-order chi connectivity index (χ1) is 13.9. The highest BCUT2D eigenvalue weighted by molar-refractivity contribution is 5.91. The van der Waals surface area contributed by atoms with Gasteiger partial charge < -0.3 is 19.5 Å². The zero-order valence-electron chi connectivity index (χ0n) is 17.1. The molecule has 0 unspecified atom stereocenters.